The van der Waals surface area contributed by atoms with Gasteiger partial charge >= 0.3 is 0 Å². The number of carbonyl (C=O) groups excluding carboxylic acids is 1. The average Bonchev–Trinajstić information content (AvgIpc) is 3.55. The highest BCUT2D eigenvalue weighted by Crippen LogP contribution is 2.39. The summed E-state index contributed by atoms with van der Waals surface area (Å²) in [5.74, 6) is 0.686. The summed E-state index contributed by atoms with van der Waals surface area (Å²) in [5.41, 5.74) is 5.59. The van der Waals surface area contributed by atoms with Crippen molar-refractivity contribution in [1.82, 2.24) is 4.98 Å². The van der Waals surface area contributed by atoms with E-state index in [1.54, 1.807) is 12.3 Å². The number of carbonyl (C=O) groups is 1. The Hall–Kier alpha value is -2.88. The van der Waals surface area contributed by atoms with Gasteiger partial charge in [-0.2, -0.15) is 0 Å². The molecule has 4 heteroatoms. The molecule has 4 rings (SSSR count). The number of aromatic hydroxyl groups is 1. The zero-order valence-electron chi connectivity index (χ0n) is 16.7. The van der Waals surface area contributed by atoms with E-state index < -0.39 is 0 Å². The zero-order chi connectivity index (χ0) is 19.8. The number of phenolic OH excluding ortho intramolecular Hbond substituents is 1. The summed E-state index contributed by atoms with van der Waals surface area (Å²) < 4.78 is 0. The van der Waals surface area contributed by atoms with Gasteiger partial charge in [0, 0.05) is 30.6 Å². The maximum Gasteiger partial charge on any atom is 0.169 e. The first-order valence-corrected chi connectivity index (χ1v) is 10.0. The van der Waals surface area contributed by atoms with Gasteiger partial charge in [0.1, 0.15) is 5.75 Å². The largest absolute Gasteiger partial charge is 0.508 e. The van der Waals surface area contributed by atoms with Gasteiger partial charge in [0.2, 0.25) is 0 Å². The van der Waals surface area contributed by atoms with Crippen molar-refractivity contribution >= 4 is 22.4 Å². The predicted octanol–water partition coefficient (Wildman–Crippen LogP) is 5.35. The maximum atomic E-state index is 13.0. The van der Waals surface area contributed by atoms with E-state index in [4.69, 9.17) is 0 Å². The highest BCUT2D eigenvalue weighted by atomic mass is 16.3. The van der Waals surface area contributed by atoms with Crippen LogP contribution in [0.1, 0.15) is 42.6 Å². The summed E-state index contributed by atoms with van der Waals surface area (Å²) >= 11 is 0. The molecule has 0 saturated heterocycles. The lowest BCUT2D eigenvalue weighted by Gasteiger charge is -2.25. The molecule has 144 valence electrons. The Bertz CT molecular complexity index is 1050. The molecule has 4 nitrogen and oxygen atoms in total. The highest BCUT2D eigenvalue weighted by Gasteiger charge is 2.33. The molecule has 0 unspecified atom stereocenters. The number of phenols is 1. The zero-order valence-corrected chi connectivity index (χ0v) is 16.7. The van der Waals surface area contributed by atoms with Gasteiger partial charge in [-0.25, -0.2) is 0 Å². The van der Waals surface area contributed by atoms with Gasteiger partial charge in [0.05, 0.1) is 16.8 Å². The van der Waals surface area contributed by atoms with E-state index in [-0.39, 0.29) is 11.7 Å². The van der Waals surface area contributed by atoms with E-state index >= 15 is 0 Å². The fourth-order valence-corrected chi connectivity index (χ4v) is 3.82. The second-order valence-corrected chi connectivity index (χ2v) is 7.56. The van der Waals surface area contributed by atoms with Crippen LogP contribution in [0.3, 0.4) is 0 Å². The molecule has 1 heterocycles. The Morgan fingerprint density at radius 2 is 1.79 bits per heavy atom. The molecular weight excluding hydrogens is 348 g/mol. The number of nitrogens with zero attached hydrogens (tertiary/aromatic N) is 2. The van der Waals surface area contributed by atoms with Crippen LogP contribution in [0.4, 0.5) is 5.69 Å². The van der Waals surface area contributed by atoms with Crippen LogP contribution in [0, 0.1) is 12.8 Å². The predicted molar refractivity (Wildman–Crippen MR) is 114 cm³/mol. The molecule has 1 saturated carbocycles. The number of benzene rings is 2. The molecule has 1 aromatic heterocycles. The standard InChI is InChI=1S/C24H26N2O2/c1-4-26(5-2)23-19-13-18(17-9-11-22(27)15(3)12-17)8-10-21(19)25-14-20(23)24(28)16-6-7-16/h8-14,16,27H,4-7H2,1-3H3. The molecule has 0 amide bonds. The first-order valence-electron chi connectivity index (χ1n) is 10.0. The molecule has 0 aliphatic heterocycles. The number of fused-ring (bicyclic) bond motifs is 1. The number of ketones is 1. The van der Waals surface area contributed by atoms with Gasteiger partial charge in [-0.3, -0.25) is 9.78 Å². The van der Waals surface area contributed by atoms with Crippen molar-refractivity contribution in [3.05, 3.63) is 53.7 Å². The van der Waals surface area contributed by atoms with E-state index in [0.29, 0.717) is 5.75 Å². The molecule has 28 heavy (non-hydrogen) atoms. The number of aromatic nitrogens is 1. The summed E-state index contributed by atoms with van der Waals surface area (Å²) in [4.78, 5) is 19.8. The number of hydrogen-bond acceptors (Lipinski definition) is 4. The third-order valence-corrected chi connectivity index (χ3v) is 5.66. The fraction of sp³-hybridized carbons (Fsp3) is 0.333. The minimum absolute atomic E-state index is 0.163. The van der Waals surface area contributed by atoms with Crippen LogP contribution in [-0.4, -0.2) is 29.0 Å². The van der Waals surface area contributed by atoms with Crippen LogP contribution >= 0.6 is 0 Å². The lowest BCUT2D eigenvalue weighted by molar-refractivity contribution is 0.0968. The van der Waals surface area contributed by atoms with Crippen molar-refractivity contribution in [3.63, 3.8) is 0 Å². The number of rotatable bonds is 6. The van der Waals surface area contributed by atoms with Crippen LogP contribution in [0.5, 0.6) is 5.75 Å². The van der Waals surface area contributed by atoms with Crippen LogP contribution < -0.4 is 4.90 Å². The van der Waals surface area contributed by atoms with Gasteiger partial charge in [-0.15, -0.1) is 0 Å². The van der Waals surface area contributed by atoms with Gasteiger partial charge in [-0.05, 0) is 74.6 Å². The summed E-state index contributed by atoms with van der Waals surface area (Å²) in [6, 6.07) is 11.8. The maximum absolute atomic E-state index is 13.0. The molecule has 2 aromatic carbocycles. The second kappa shape index (κ2) is 7.27. The fourth-order valence-electron chi connectivity index (χ4n) is 3.82. The lowest BCUT2D eigenvalue weighted by atomic mass is 9.97. The lowest BCUT2D eigenvalue weighted by Crippen LogP contribution is -2.25. The van der Waals surface area contributed by atoms with Crippen molar-refractivity contribution in [2.45, 2.75) is 33.6 Å². The molecule has 0 atom stereocenters. The van der Waals surface area contributed by atoms with Gasteiger partial charge in [-0.1, -0.05) is 12.1 Å². The van der Waals surface area contributed by atoms with E-state index in [1.807, 2.05) is 25.1 Å². The third kappa shape index (κ3) is 3.24. The Morgan fingerprint density at radius 1 is 1.11 bits per heavy atom. The average molecular weight is 374 g/mol. The molecule has 0 radical (unpaired) electrons. The van der Waals surface area contributed by atoms with Crippen LogP contribution in [0.25, 0.3) is 22.0 Å². The minimum atomic E-state index is 0.163. The second-order valence-electron chi connectivity index (χ2n) is 7.56. The van der Waals surface area contributed by atoms with Crippen molar-refractivity contribution in [2.24, 2.45) is 5.92 Å². The number of hydrogen-bond donors (Lipinski definition) is 1. The van der Waals surface area contributed by atoms with Gasteiger partial charge in [0.15, 0.2) is 5.78 Å². The van der Waals surface area contributed by atoms with Gasteiger partial charge < -0.3 is 10.0 Å². The molecule has 3 aromatic rings. The van der Waals surface area contributed by atoms with Crippen LogP contribution in [0.15, 0.2) is 42.6 Å². The molecule has 1 fully saturated rings. The molecule has 0 spiro atoms. The smallest absolute Gasteiger partial charge is 0.169 e. The number of Topliss-reactive ketones (excluding diaryl/α,β-unsaturated/α-hetero) is 1. The molecule has 1 N–H and O–H groups in total. The number of aryl methyl sites for hydroxylation is 1. The monoisotopic (exact) mass is 374 g/mol. The summed E-state index contributed by atoms with van der Waals surface area (Å²) in [5, 5.41) is 10.9. The Labute approximate surface area is 165 Å². The van der Waals surface area contributed by atoms with E-state index in [9.17, 15) is 9.90 Å². The molecule has 0 bridgehead atoms. The van der Waals surface area contributed by atoms with Crippen molar-refractivity contribution in [3.8, 4) is 16.9 Å². The van der Waals surface area contributed by atoms with Crippen LogP contribution in [0.2, 0.25) is 0 Å². The first kappa shape index (κ1) is 18.5. The quantitative estimate of drug-likeness (QED) is 0.591. The summed E-state index contributed by atoms with van der Waals surface area (Å²) in [6.45, 7) is 7.81. The highest BCUT2D eigenvalue weighted by molar-refractivity contribution is 6.10. The third-order valence-electron chi connectivity index (χ3n) is 5.66. The minimum Gasteiger partial charge on any atom is -0.508 e. The first-order chi connectivity index (χ1) is 13.5. The van der Waals surface area contributed by atoms with Crippen molar-refractivity contribution < 1.29 is 9.90 Å². The Morgan fingerprint density at radius 3 is 2.43 bits per heavy atom. The summed E-state index contributed by atoms with van der Waals surface area (Å²) in [7, 11) is 0. The van der Waals surface area contributed by atoms with Gasteiger partial charge in [0.25, 0.3) is 0 Å². The SMILES string of the molecule is CCN(CC)c1c(C(=O)C2CC2)cnc2ccc(-c3ccc(O)c(C)c3)cc12. The van der Waals surface area contributed by atoms with Crippen molar-refractivity contribution in [1.29, 1.82) is 0 Å². The molecule has 1 aliphatic carbocycles. The molecular formula is C24H26N2O2. The summed E-state index contributed by atoms with van der Waals surface area (Å²) in [6.07, 6.45) is 3.74. The molecule has 1 aliphatic rings. The van der Waals surface area contributed by atoms with Crippen LogP contribution in [-0.2, 0) is 0 Å². The van der Waals surface area contributed by atoms with E-state index in [2.05, 4.69) is 35.9 Å². The normalized spacial score (nSPS) is 13.7. The van der Waals surface area contributed by atoms with E-state index in [1.165, 1.54) is 0 Å². The topological polar surface area (TPSA) is 53.4 Å². The van der Waals surface area contributed by atoms with E-state index in [0.717, 1.165) is 64.8 Å². The van der Waals surface area contributed by atoms with Crippen molar-refractivity contribution in [2.75, 3.05) is 18.0 Å². The Balaban J connectivity index is 1.93. The number of pyridine rings is 1. The number of anilines is 1. The Kier molecular flexibility index (Phi) is 4.80.